The second kappa shape index (κ2) is 10.9. The van der Waals surface area contributed by atoms with Gasteiger partial charge in [0.1, 0.15) is 11.7 Å². The van der Waals surface area contributed by atoms with E-state index in [-0.39, 0.29) is 17.4 Å². The largest absolute Gasteiger partial charge is 0.483 e. The van der Waals surface area contributed by atoms with Crippen molar-refractivity contribution in [2.75, 3.05) is 20.1 Å². The van der Waals surface area contributed by atoms with Gasteiger partial charge in [-0.25, -0.2) is 0 Å². The first kappa shape index (κ1) is 30.7. The van der Waals surface area contributed by atoms with E-state index < -0.39 is 52.7 Å². The normalized spacial score (nSPS) is 27.6. The molecule has 236 valence electrons. The number of hydrogen-bond donors (Lipinski definition) is 0. The minimum atomic E-state index is -4.47. The molecule has 2 aliphatic carbocycles. The zero-order valence-electron chi connectivity index (χ0n) is 25.2. The summed E-state index contributed by atoms with van der Waals surface area (Å²) in [7, 11) is 1.62. The summed E-state index contributed by atoms with van der Waals surface area (Å²) in [5.74, 6) is 4.48. The first-order valence-electron chi connectivity index (χ1n) is 14.8. The van der Waals surface area contributed by atoms with Gasteiger partial charge in [0.25, 0.3) is 5.91 Å². The molecule has 6 rings (SSSR count). The number of likely N-dealkylation sites (tertiary alicyclic amines) is 1. The van der Waals surface area contributed by atoms with Gasteiger partial charge >= 0.3 is 18.1 Å². The highest BCUT2D eigenvalue weighted by atomic mass is 19.4. The summed E-state index contributed by atoms with van der Waals surface area (Å²) < 4.78 is 57.7. The molecule has 2 aliphatic heterocycles. The first-order valence-corrected chi connectivity index (χ1v) is 14.8. The Morgan fingerprint density at radius 2 is 1.87 bits per heavy atom. The molecule has 2 bridgehead atoms. The van der Waals surface area contributed by atoms with E-state index in [2.05, 4.69) is 23.3 Å². The molecule has 8 nitrogen and oxygen atoms in total. The van der Waals surface area contributed by atoms with Crippen LogP contribution in [-0.2, 0) is 37.1 Å². The molecule has 5 atom stereocenters. The number of halogens is 3. The van der Waals surface area contributed by atoms with E-state index in [9.17, 15) is 27.6 Å². The second-order valence-corrected chi connectivity index (χ2v) is 12.1. The van der Waals surface area contributed by atoms with E-state index >= 15 is 0 Å². The SMILES string of the molecule is C=CCN1CC[C@]23c4c5ccc(OC(C)=O)c4O[C@H]2[C@@H](N(C)C(=O)C#Cc2ccc(C(F)(F)F)cc2)CC[C@@]3(OC(C)=O)[C@H]1C5. The number of nitrogens with zero attached hydrogens (tertiary/aromatic N) is 2. The highest BCUT2D eigenvalue weighted by Crippen LogP contribution is 2.67. The van der Waals surface area contributed by atoms with Crippen molar-refractivity contribution in [2.45, 2.75) is 74.9 Å². The monoisotopic (exact) mass is 622 g/mol. The predicted molar refractivity (Wildman–Crippen MR) is 156 cm³/mol. The van der Waals surface area contributed by atoms with Crippen molar-refractivity contribution in [3.63, 3.8) is 0 Å². The van der Waals surface area contributed by atoms with E-state index in [1.165, 1.54) is 30.9 Å². The van der Waals surface area contributed by atoms with E-state index in [0.717, 1.165) is 23.3 Å². The van der Waals surface area contributed by atoms with E-state index in [1.807, 2.05) is 12.1 Å². The Hall–Kier alpha value is -4.30. The molecule has 0 aromatic heterocycles. The van der Waals surface area contributed by atoms with Gasteiger partial charge in [-0.2, -0.15) is 13.2 Å². The quantitative estimate of drug-likeness (QED) is 0.211. The zero-order valence-corrected chi connectivity index (χ0v) is 25.2. The second-order valence-electron chi connectivity index (χ2n) is 12.1. The Balaban J connectivity index is 1.41. The third-order valence-electron chi connectivity index (χ3n) is 9.77. The van der Waals surface area contributed by atoms with Crippen molar-refractivity contribution in [1.29, 1.82) is 0 Å². The van der Waals surface area contributed by atoms with Crippen molar-refractivity contribution in [3.8, 4) is 23.3 Å². The van der Waals surface area contributed by atoms with Gasteiger partial charge in [0, 0.05) is 51.0 Å². The number of carbonyl (C=O) groups excluding carboxylic acids is 3. The number of likely N-dealkylation sites (N-methyl/N-ethyl adjacent to an activating group) is 1. The van der Waals surface area contributed by atoms with E-state index in [4.69, 9.17) is 14.2 Å². The van der Waals surface area contributed by atoms with Gasteiger partial charge in [-0.1, -0.05) is 18.1 Å². The van der Waals surface area contributed by atoms with Crippen molar-refractivity contribution >= 4 is 17.8 Å². The van der Waals surface area contributed by atoms with Crippen LogP contribution in [0.25, 0.3) is 0 Å². The molecule has 4 aliphatic rings. The molecule has 11 heteroatoms. The first-order chi connectivity index (χ1) is 21.3. The van der Waals surface area contributed by atoms with Crippen molar-refractivity contribution in [2.24, 2.45) is 0 Å². The van der Waals surface area contributed by atoms with Crippen LogP contribution >= 0.6 is 0 Å². The van der Waals surface area contributed by atoms with Crippen molar-refractivity contribution < 1.29 is 41.8 Å². The van der Waals surface area contributed by atoms with Gasteiger partial charge in [-0.05, 0) is 61.6 Å². The van der Waals surface area contributed by atoms with Crippen LogP contribution in [0.2, 0.25) is 0 Å². The van der Waals surface area contributed by atoms with Gasteiger partial charge in [0.05, 0.1) is 23.1 Å². The fourth-order valence-corrected chi connectivity index (χ4v) is 8.15. The molecular formula is C34H33F3N2O6. The molecule has 2 aromatic carbocycles. The van der Waals surface area contributed by atoms with Crippen LogP contribution in [0.3, 0.4) is 0 Å². The summed E-state index contributed by atoms with van der Waals surface area (Å²) in [6, 6.07) is 7.27. The van der Waals surface area contributed by atoms with Crippen LogP contribution in [0.4, 0.5) is 13.2 Å². The molecule has 2 aromatic rings. The standard InChI is InChI=1S/C34H33F3N2O6/c1-5-17-39-18-16-32-29-23-9-12-26(43-20(2)40)30(29)44-31(32)25(14-15-33(32,27(39)19-23)45-21(3)41)38(4)28(42)13-8-22-6-10-24(11-7-22)34(35,36)37/h5-7,9-12,25,27,31H,1,14-19H2,2-4H3/t25-,27+,31-,32-,33+/m0/s1. The third kappa shape index (κ3) is 4.78. The van der Waals surface area contributed by atoms with Gasteiger partial charge in [-0.3, -0.25) is 19.3 Å². The maximum atomic E-state index is 13.5. The topological polar surface area (TPSA) is 85.4 Å². The summed E-state index contributed by atoms with van der Waals surface area (Å²) in [6.07, 6.45) is -1.30. The molecule has 1 spiro atoms. The number of benzene rings is 2. The molecule has 0 N–H and O–H groups in total. The fourth-order valence-electron chi connectivity index (χ4n) is 8.15. The van der Waals surface area contributed by atoms with Crippen LogP contribution in [0.1, 0.15) is 55.4 Å². The van der Waals surface area contributed by atoms with Crippen molar-refractivity contribution in [1.82, 2.24) is 9.80 Å². The maximum absolute atomic E-state index is 13.5. The molecule has 1 amide bonds. The molecule has 45 heavy (non-hydrogen) atoms. The van der Waals surface area contributed by atoms with E-state index in [0.29, 0.717) is 44.5 Å². The molecule has 0 unspecified atom stereocenters. The summed E-state index contributed by atoms with van der Waals surface area (Å²) >= 11 is 0. The minimum Gasteiger partial charge on any atom is -0.483 e. The lowest BCUT2D eigenvalue weighted by atomic mass is 9.48. The van der Waals surface area contributed by atoms with E-state index in [1.54, 1.807) is 13.1 Å². The molecule has 2 fully saturated rings. The molecule has 1 saturated heterocycles. The maximum Gasteiger partial charge on any atom is 0.416 e. The minimum absolute atomic E-state index is 0.182. The number of carbonyl (C=O) groups is 3. The molecule has 1 saturated carbocycles. The lowest BCUT2D eigenvalue weighted by Crippen LogP contribution is -2.79. The van der Waals surface area contributed by atoms with Gasteiger partial charge in [0.2, 0.25) is 0 Å². The molecule has 2 heterocycles. The van der Waals surface area contributed by atoms with Gasteiger partial charge < -0.3 is 19.1 Å². The number of alkyl halides is 3. The Morgan fingerprint density at radius 1 is 1.13 bits per heavy atom. The average molecular weight is 623 g/mol. The number of piperidine rings is 1. The summed E-state index contributed by atoms with van der Waals surface area (Å²) in [6.45, 7) is 7.90. The van der Waals surface area contributed by atoms with Crippen LogP contribution in [0, 0.1) is 11.8 Å². The Labute approximate surface area is 259 Å². The Bertz CT molecular complexity index is 1640. The Kier molecular flexibility index (Phi) is 7.47. The molecular weight excluding hydrogens is 589 g/mol. The number of esters is 2. The van der Waals surface area contributed by atoms with Crippen LogP contribution in [-0.4, -0.2) is 71.6 Å². The summed E-state index contributed by atoms with van der Waals surface area (Å²) in [4.78, 5) is 42.1. The number of rotatable bonds is 5. The molecule has 0 radical (unpaired) electrons. The summed E-state index contributed by atoms with van der Waals surface area (Å²) in [5, 5.41) is 0. The summed E-state index contributed by atoms with van der Waals surface area (Å²) in [5.41, 5.74) is -0.511. The number of amides is 1. The highest BCUT2D eigenvalue weighted by Gasteiger charge is 2.75. The number of ether oxygens (including phenoxy) is 3. The van der Waals surface area contributed by atoms with Gasteiger partial charge in [0.15, 0.2) is 11.5 Å². The third-order valence-corrected chi connectivity index (χ3v) is 9.77. The fraction of sp³-hybridized carbons (Fsp3) is 0.441. The lowest BCUT2D eigenvalue weighted by Gasteiger charge is -2.65. The van der Waals surface area contributed by atoms with Crippen LogP contribution in [0.5, 0.6) is 11.5 Å². The highest BCUT2D eigenvalue weighted by molar-refractivity contribution is 5.94. The average Bonchev–Trinajstić information content (AvgIpc) is 3.33. The van der Waals surface area contributed by atoms with Crippen LogP contribution in [0.15, 0.2) is 49.1 Å². The van der Waals surface area contributed by atoms with Crippen LogP contribution < -0.4 is 9.47 Å². The number of hydrogen-bond acceptors (Lipinski definition) is 7. The smallest absolute Gasteiger partial charge is 0.416 e. The lowest BCUT2D eigenvalue weighted by molar-refractivity contribution is -0.222. The van der Waals surface area contributed by atoms with Crippen molar-refractivity contribution in [3.05, 3.63) is 71.3 Å². The Morgan fingerprint density at radius 3 is 2.51 bits per heavy atom. The van der Waals surface area contributed by atoms with Gasteiger partial charge in [-0.15, -0.1) is 6.58 Å². The zero-order chi connectivity index (χ0) is 32.3. The predicted octanol–water partition coefficient (Wildman–Crippen LogP) is 4.42.